The van der Waals surface area contributed by atoms with Gasteiger partial charge in [-0.3, -0.25) is 4.79 Å². The topological polar surface area (TPSA) is 84.9 Å². The van der Waals surface area contributed by atoms with E-state index < -0.39 is 5.97 Å². The molecule has 2 N–H and O–H groups in total. The minimum atomic E-state index is -1.04. The zero-order chi connectivity index (χ0) is 22.8. The Labute approximate surface area is 194 Å². The number of ether oxygens (including phenoxy) is 2. The molecule has 1 aliphatic heterocycles. The fourth-order valence-corrected chi connectivity index (χ4v) is 5.26. The first kappa shape index (κ1) is 22.2. The minimum absolute atomic E-state index is 0.167. The summed E-state index contributed by atoms with van der Waals surface area (Å²) in [5.74, 6) is -0.258. The van der Waals surface area contributed by atoms with Crippen LogP contribution in [-0.4, -0.2) is 30.2 Å². The van der Waals surface area contributed by atoms with Crippen LogP contribution in [0.5, 0.6) is 11.5 Å². The van der Waals surface area contributed by atoms with Crippen molar-refractivity contribution in [2.45, 2.75) is 26.2 Å². The maximum atomic E-state index is 12.7. The lowest BCUT2D eigenvalue weighted by Crippen LogP contribution is -2.22. The Morgan fingerprint density at radius 3 is 2.47 bits per heavy atom. The summed E-state index contributed by atoms with van der Waals surface area (Å²) in [7, 11) is 0. The van der Waals surface area contributed by atoms with Gasteiger partial charge in [0.15, 0.2) is 11.5 Å². The molecule has 1 aliphatic rings. The predicted molar refractivity (Wildman–Crippen MR) is 126 cm³/mol. The lowest BCUT2D eigenvalue weighted by Gasteiger charge is -2.24. The summed E-state index contributed by atoms with van der Waals surface area (Å²) in [5.41, 5.74) is 2.60. The molecule has 0 aliphatic carbocycles. The number of hydrogen-bond donors (Lipinski definition) is 2. The third-order valence-electron chi connectivity index (χ3n) is 5.20. The number of benzene rings is 2. The maximum absolute atomic E-state index is 12.7. The Morgan fingerprint density at radius 2 is 1.81 bits per heavy atom. The molecule has 166 valence electrons. The summed E-state index contributed by atoms with van der Waals surface area (Å²) >= 11 is 7.20. The lowest BCUT2D eigenvalue weighted by molar-refractivity contribution is -0.116. The fourth-order valence-electron chi connectivity index (χ4n) is 3.88. The van der Waals surface area contributed by atoms with Gasteiger partial charge in [0.05, 0.1) is 18.9 Å². The smallest absolute Gasteiger partial charge is 0.346 e. The van der Waals surface area contributed by atoms with Gasteiger partial charge in [0.2, 0.25) is 5.91 Å². The van der Waals surface area contributed by atoms with Crippen LogP contribution in [0.25, 0.3) is 11.1 Å². The van der Waals surface area contributed by atoms with Crippen molar-refractivity contribution < 1.29 is 24.2 Å². The Balaban J connectivity index is 1.86. The summed E-state index contributed by atoms with van der Waals surface area (Å²) in [6.45, 7) is 4.78. The average Bonchev–Trinajstić information content (AvgIpc) is 3.15. The molecule has 0 saturated carbocycles. The monoisotopic (exact) mass is 471 g/mol. The first-order chi connectivity index (χ1) is 15.4. The number of halogens is 1. The van der Waals surface area contributed by atoms with Crippen LogP contribution in [-0.2, 0) is 4.79 Å². The largest absolute Gasteiger partial charge is 0.490 e. The number of carbonyl (C=O) groups is 2. The van der Waals surface area contributed by atoms with E-state index in [-0.39, 0.29) is 23.1 Å². The molecule has 6 nitrogen and oxygen atoms in total. The molecule has 1 unspecified atom stereocenters. The van der Waals surface area contributed by atoms with E-state index in [2.05, 4.69) is 5.32 Å². The van der Waals surface area contributed by atoms with Crippen molar-refractivity contribution in [1.29, 1.82) is 0 Å². The van der Waals surface area contributed by atoms with E-state index in [1.807, 2.05) is 32.0 Å². The molecular formula is C24H22ClNO5S. The molecule has 2 aromatic carbocycles. The standard InChI is InChI=1S/C24H22ClNO5S/c1-3-30-17-10-7-14(11-18(17)31-4-2)16-12-19(27)26-21-20(13-5-8-15(25)9-6-13)23(24(28)29)32-22(16)21/h5-11,16H,3-4,12H2,1-2H3,(H,26,27)(H,28,29). The molecular weight excluding hydrogens is 450 g/mol. The van der Waals surface area contributed by atoms with Crippen LogP contribution in [0.15, 0.2) is 42.5 Å². The van der Waals surface area contributed by atoms with Crippen molar-refractivity contribution in [3.8, 4) is 22.6 Å². The van der Waals surface area contributed by atoms with E-state index in [0.29, 0.717) is 46.5 Å². The Morgan fingerprint density at radius 1 is 1.12 bits per heavy atom. The third kappa shape index (κ3) is 4.18. The highest BCUT2D eigenvalue weighted by atomic mass is 35.5. The summed E-state index contributed by atoms with van der Waals surface area (Å²) < 4.78 is 11.4. The van der Waals surface area contributed by atoms with E-state index in [1.54, 1.807) is 24.3 Å². The van der Waals surface area contributed by atoms with E-state index in [1.165, 1.54) is 11.3 Å². The molecule has 0 spiro atoms. The van der Waals surface area contributed by atoms with Crippen molar-refractivity contribution in [2.24, 2.45) is 0 Å². The van der Waals surface area contributed by atoms with Gasteiger partial charge in [-0.25, -0.2) is 4.79 Å². The maximum Gasteiger partial charge on any atom is 0.346 e. The molecule has 1 atom stereocenters. The van der Waals surface area contributed by atoms with E-state index in [0.717, 1.165) is 10.4 Å². The zero-order valence-electron chi connectivity index (χ0n) is 17.6. The second kappa shape index (κ2) is 9.22. The van der Waals surface area contributed by atoms with Crippen LogP contribution in [0, 0.1) is 0 Å². The second-order valence-electron chi connectivity index (χ2n) is 7.23. The number of carboxylic acid groups (broad SMARTS) is 1. The molecule has 8 heteroatoms. The molecule has 4 rings (SSSR count). The van der Waals surface area contributed by atoms with Crippen molar-refractivity contribution in [1.82, 2.24) is 0 Å². The summed E-state index contributed by atoms with van der Waals surface area (Å²) in [5, 5.41) is 13.4. The van der Waals surface area contributed by atoms with Crippen molar-refractivity contribution >= 4 is 40.5 Å². The third-order valence-corrected chi connectivity index (χ3v) is 6.75. The molecule has 0 saturated heterocycles. The van der Waals surface area contributed by atoms with E-state index in [4.69, 9.17) is 21.1 Å². The Hall–Kier alpha value is -3.03. The molecule has 1 aromatic heterocycles. The highest BCUT2D eigenvalue weighted by molar-refractivity contribution is 7.15. The predicted octanol–water partition coefficient (Wildman–Crippen LogP) is 6.04. The number of hydrogen-bond acceptors (Lipinski definition) is 5. The number of carboxylic acids is 1. The number of rotatable bonds is 7. The van der Waals surface area contributed by atoms with Crippen LogP contribution in [0.1, 0.15) is 46.3 Å². The van der Waals surface area contributed by atoms with Crippen LogP contribution < -0.4 is 14.8 Å². The van der Waals surface area contributed by atoms with Crippen LogP contribution >= 0.6 is 22.9 Å². The lowest BCUT2D eigenvalue weighted by atomic mass is 9.88. The van der Waals surface area contributed by atoms with Gasteiger partial charge in [-0.1, -0.05) is 29.8 Å². The van der Waals surface area contributed by atoms with Crippen LogP contribution in [0.4, 0.5) is 5.69 Å². The van der Waals surface area contributed by atoms with Gasteiger partial charge >= 0.3 is 5.97 Å². The van der Waals surface area contributed by atoms with Crippen LogP contribution in [0.2, 0.25) is 5.02 Å². The number of fused-ring (bicyclic) bond motifs is 1. The summed E-state index contributed by atoms with van der Waals surface area (Å²) in [6.07, 6.45) is 0.214. The van der Waals surface area contributed by atoms with Gasteiger partial charge in [-0.05, 0) is 49.2 Å². The van der Waals surface area contributed by atoms with Gasteiger partial charge in [0, 0.05) is 27.8 Å². The van der Waals surface area contributed by atoms with E-state index >= 15 is 0 Å². The molecule has 32 heavy (non-hydrogen) atoms. The zero-order valence-corrected chi connectivity index (χ0v) is 19.2. The molecule has 0 bridgehead atoms. The van der Waals surface area contributed by atoms with Gasteiger partial charge in [0.1, 0.15) is 4.88 Å². The fraction of sp³-hybridized carbons (Fsp3) is 0.250. The van der Waals surface area contributed by atoms with Gasteiger partial charge in [0.25, 0.3) is 0 Å². The Kier molecular flexibility index (Phi) is 6.39. The SMILES string of the molecule is CCOc1ccc(C2CC(=O)Nc3c2sc(C(=O)O)c3-c2ccc(Cl)cc2)cc1OCC. The molecule has 0 radical (unpaired) electrons. The number of aromatic carboxylic acids is 1. The van der Waals surface area contributed by atoms with Gasteiger partial charge < -0.3 is 19.9 Å². The first-order valence-electron chi connectivity index (χ1n) is 10.3. The second-order valence-corrected chi connectivity index (χ2v) is 8.72. The Bertz CT molecular complexity index is 1170. The van der Waals surface area contributed by atoms with Gasteiger partial charge in [-0.15, -0.1) is 11.3 Å². The molecule has 3 aromatic rings. The quantitative estimate of drug-likeness (QED) is 0.439. The molecule has 1 amide bonds. The van der Waals surface area contributed by atoms with Crippen molar-refractivity contribution in [3.63, 3.8) is 0 Å². The summed E-state index contributed by atoms with van der Waals surface area (Å²) in [6, 6.07) is 12.5. The van der Waals surface area contributed by atoms with Gasteiger partial charge in [-0.2, -0.15) is 0 Å². The highest BCUT2D eigenvalue weighted by Crippen LogP contribution is 2.50. The average molecular weight is 472 g/mol. The highest BCUT2D eigenvalue weighted by Gasteiger charge is 2.34. The van der Waals surface area contributed by atoms with Crippen molar-refractivity contribution in [3.05, 3.63) is 62.8 Å². The number of thiophene rings is 1. The number of nitrogens with one attached hydrogen (secondary N) is 1. The van der Waals surface area contributed by atoms with Crippen molar-refractivity contribution in [2.75, 3.05) is 18.5 Å². The van der Waals surface area contributed by atoms with Crippen LogP contribution in [0.3, 0.4) is 0 Å². The van der Waals surface area contributed by atoms with E-state index in [9.17, 15) is 14.7 Å². The normalized spacial score (nSPS) is 15.1. The first-order valence-corrected chi connectivity index (χ1v) is 11.5. The molecule has 0 fully saturated rings. The number of anilines is 1. The summed E-state index contributed by atoms with van der Waals surface area (Å²) in [4.78, 5) is 25.8. The minimum Gasteiger partial charge on any atom is -0.490 e. The number of carbonyl (C=O) groups excluding carboxylic acids is 1. The number of amides is 1. The molecule has 2 heterocycles.